The van der Waals surface area contributed by atoms with Crippen molar-refractivity contribution in [3.63, 3.8) is 0 Å². The third kappa shape index (κ3) is 6.14. The Bertz CT molecular complexity index is 1040. The summed E-state index contributed by atoms with van der Waals surface area (Å²) in [4.78, 5) is 53.2. The number of carboxylic acids is 1. The van der Waals surface area contributed by atoms with Gasteiger partial charge >= 0.3 is 18.0 Å². The predicted octanol–water partition coefficient (Wildman–Crippen LogP) is 1.60. The van der Waals surface area contributed by atoms with Crippen molar-refractivity contribution >= 4 is 23.9 Å². The van der Waals surface area contributed by atoms with E-state index in [4.69, 9.17) is 24.2 Å². The largest absolute Gasteiger partial charge is 0.479 e. The summed E-state index contributed by atoms with van der Waals surface area (Å²) in [5.74, 6) is -3.83. The van der Waals surface area contributed by atoms with E-state index in [-0.39, 0.29) is 25.7 Å². The van der Waals surface area contributed by atoms with E-state index in [0.29, 0.717) is 0 Å². The number of nitrogens with one attached hydrogen (secondary N) is 2. The maximum atomic E-state index is 12.5. The van der Waals surface area contributed by atoms with Crippen molar-refractivity contribution in [3.8, 4) is 11.1 Å². The van der Waals surface area contributed by atoms with Gasteiger partial charge in [0.1, 0.15) is 6.61 Å². The van der Waals surface area contributed by atoms with Crippen LogP contribution >= 0.6 is 0 Å². The Kier molecular flexibility index (Phi) is 8.76. The number of hydrogen-bond donors (Lipinski definition) is 3. The summed E-state index contributed by atoms with van der Waals surface area (Å²) in [5.41, 5.74) is 5.92. The van der Waals surface area contributed by atoms with E-state index in [1.807, 2.05) is 54.0 Å². The molecule has 1 aliphatic rings. The molecule has 35 heavy (non-hydrogen) atoms. The van der Waals surface area contributed by atoms with Crippen LogP contribution in [0.4, 0.5) is 4.79 Å². The number of hydroxylamine groups is 1. The van der Waals surface area contributed by atoms with Crippen molar-refractivity contribution in [2.75, 3.05) is 26.9 Å². The summed E-state index contributed by atoms with van der Waals surface area (Å²) in [6.45, 7) is 1.06. The topological polar surface area (TPSA) is 149 Å². The number of esters is 1. The molecule has 0 fully saturated rings. The Morgan fingerprint density at radius 1 is 0.971 bits per heavy atom. The number of hydrogen-bond acceptors (Lipinski definition) is 8. The SMILES string of the molecule is CCOC(=O)C(NC(=O)OCC1c2ccccc2-c2ccccc21)C(=O)NOC(COC)C(=O)O. The molecule has 0 spiro atoms. The molecular weight excluding hydrogens is 460 g/mol. The number of carboxylic acid groups (broad SMARTS) is 1. The smallest absolute Gasteiger partial charge is 0.408 e. The molecule has 11 nitrogen and oxygen atoms in total. The highest BCUT2D eigenvalue weighted by Gasteiger charge is 2.33. The molecule has 0 bridgehead atoms. The lowest BCUT2D eigenvalue weighted by atomic mass is 9.98. The molecule has 2 aromatic rings. The summed E-state index contributed by atoms with van der Waals surface area (Å²) >= 11 is 0. The summed E-state index contributed by atoms with van der Waals surface area (Å²) in [6, 6.07) is 13.7. The first-order valence-electron chi connectivity index (χ1n) is 10.8. The molecule has 186 valence electrons. The molecule has 0 radical (unpaired) electrons. The van der Waals surface area contributed by atoms with Crippen molar-refractivity contribution < 1.29 is 43.3 Å². The van der Waals surface area contributed by atoms with Crippen LogP contribution in [-0.4, -0.2) is 68.1 Å². The summed E-state index contributed by atoms with van der Waals surface area (Å²) in [6.07, 6.45) is -2.56. The fourth-order valence-electron chi connectivity index (χ4n) is 3.71. The number of amides is 2. The Balaban J connectivity index is 1.65. The second-order valence-corrected chi connectivity index (χ2v) is 7.52. The van der Waals surface area contributed by atoms with Gasteiger partial charge in [0.15, 0.2) is 0 Å². The quantitative estimate of drug-likeness (QED) is 0.245. The first-order valence-corrected chi connectivity index (χ1v) is 10.8. The number of rotatable bonds is 11. The van der Waals surface area contributed by atoms with Crippen molar-refractivity contribution in [1.29, 1.82) is 0 Å². The van der Waals surface area contributed by atoms with Crippen LogP contribution < -0.4 is 10.8 Å². The minimum atomic E-state index is -1.83. The predicted molar refractivity (Wildman–Crippen MR) is 121 cm³/mol. The minimum Gasteiger partial charge on any atom is -0.479 e. The fourth-order valence-corrected chi connectivity index (χ4v) is 3.71. The van der Waals surface area contributed by atoms with Crippen LogP contribution in [0.15, 0.2) is 48.5 Å². The number of alkyl carbamates (subject to hydrolysis) is 1. The average Bonchev–Trinajstić information content (AvgIpc) is 3.17. The van der Waals surface area contributed by atoms with Crippen molar-refractivity contribution in [2.45, 2.75) is 25.0 Å². The zero-order chi connectivity index (χ0) is 25.4. The average molecular weight is 486 g/mol. The Morgan fingerprint density at radius 3 is 2.11 bits per heavy atom. The highest BCUT2D eigenvalue weighted by atomic mass is 16.7. The first kappa shape index (κ1) is 25.7. The van der Waals surface area contributed by atoms with Gasteiger partial charge in [-0.2, -0.15) is 0 Å². The number of benzene rings is 2. The lowest BCUT2D eigenvalue weighted by Crippen LogP contribution is -2.53. The maximum Gasteiger partial charge on any atom is 0.408 e. The van der Waals surface area contributed by atoms with Gasteiger partial charge in [0.2, 0.25) is 12.1 Å². The molecule has 0 heterocycles. The summed E-state index contributed by atoms with van der Waals surface area (Å²) in [5, 5.41) is 11.2. The van der Waals surface area contributed by atoms with Gasteiger partial charge in [-0.05, 0) is 29.2 Å². The molecule has 0 aromatic heterocycles. The zero-order valence-corrected chi connectivity index (χ0v) is 19.2. The highest BCUT2D eigenvalue weighted by molar-refractivity contribution is 6.03. The second kappa shape index (κ2) is 12.0. The minimum absolute atomic E-state index is 0.0392. The van der Waals surface area contributed by atoms with Crippen LogP contribution in [0.25, 0.3) is 11.1 Å². The van der Waals surface area contributed by atoms with Gasteiger partial charge in [-0.15, -0.1) is 0 Å². The van der Waals surface area contributed by atoms with Crippen molar-refractivity contribution in [2.24, 2.45) is 0 Å². The number of methoxy groups -OCH3 is 1. The molecule has 0 saturated carbocycles. The highest BCUT2D eigenvalue weighted by Crippen LogP contribution is 2.44. The van der Waals surface area contributed by atoms with E-state index in [1.54, 1.807) is 0 Å². The van der Waals surface area contributed by atoms with E-state index < -0.39 is 36.1 Å². The second-order valence-electron chi connectivity index (χ2n) is 7.52. The van der Waals surface area contributed by atoms with E-state index in [0.717, 1.165) is 22.3 Å². The lowest BCUT2D eigenvalue weighted by Gasteiger charge is -2.19. The van der Waals surface area contributed by atoms with Crippen LogP contribution in [0.1, 0.15) is 24.0 Å². The molecule has 2 atom stereocenters. The van der Waals surface area contributed by atoms with Crippen molar-refractivity contribution in [3.05, 3.63) is 59.7 Å². The van der Waals surface area contributed by atoms with Crippen molar-refractivity contribution in [1.82, 2.24) is 10.8 Å². The van der Waals surface area contributed by atoms with E-state index in [2.05, 4.69) is 5.32 Å². The Labute approximate surface area is 201 Å². The zero-order valence-electron chi connectivity index (χ0n) is 19.2. The number of aliphatic carboxylic acids is 1. The first-order chi connectivity index (χ1) is 16.9. The molecule has 3 N–H and O–H groups in total. The van der Waals surface area contributed by atoms with Gasteiger partial charge < -0.3 is 19.3 Å². The number of ether oxygens (including phenoxy) is 3. The number of fused-ring (bicyclic) bond motifs is 3. The van der Waals surface area contributed by atoms with Gasteiger partial charge in [-0.1, -0.05) is 48.5 Å². The number of carbonyl (C=O) groups is 4. The monoisotopic (exact) mass is 486 g/mol. The standard InChI is InChI=1S/C24H26N2O9/c1-3-33-23(30)20(21(27)26-35-19(13-32-2)22(28)29)25-24(31)34-12-18-16-10-6-4-8-14(16)15-9-5-7-11-17(15)18/h4-11,18-20H,3,12-13H2,1-2H3,(H,25,31)(H,26,27)(H,28,29). The molecule has 0 aliphatic heterocycles. The van der Waals surface area contributed by atoms with Crippen LogP contribution in [0.2, 0.25) is 0 Å². The molecule has 2 unspecified atom stereocenters. The molecular formula is C24H26N2O9. The Morgan fingerprint density at radius 2 is 1.57 bits per heavy atom. The summed E-state index contributed by atoms with van der Waals surface area (Å²) < 4.78 is 14.9. The van der Waals surface area contributed by atoms with Gasteiger partial charge in [0, 0.05) is 13.0 Å². The van der Waals surface area contributed by atoms with Crippen LogP contribution in [0, 0.1) is 0 Å². The Hall–Kier alpha value is -3.96. The van der Waals surface area contributed by atoms with Crippen LogP contribution in [-0.2, 0) is 33.4 Å². The lowest BCUT2D eigenvalue weighted by molar-refractivity contribution is -0.167. The third-order valence-electron chi connectivity index (χ3n) is 5.29. The van der Waals surface area contributed by atoms with Gasteiger partial charge in [-0.3, -0.25) is 14.9 Å². The molecule has 1 aliphatic carbocycles. The van der Waals surface area contributed by atoms with Crippen LogP contribution in [0.5, 0.6) is 0 Å². The van der Waals surface area contributed by atoms with E-state index >= 15 is 0 Å². The molecule has 3 rings (SSSR count). The maximum absolute atomic E-state index is 12.5. The third-order valence-corrected chi connectivity index (χ3v) is 5.29. The normalized spacial score (nSPS) is 13.7. The molecule has 11 heteroatoms. The summed E-state index contributed by atoms with van der Waals surface area (Å²) in [7, 11) is 1.25. The van der Waals surface area contributed by atoms with Crippen LogP contribution in [0.3, 0.4) is 0 Å². The molecule has 0 saturated heterocycles. The van der Waals surface area contributed by atoms with Gasteiger partial charge in [-0.25, -0.2) is 19.9 Å². The number of carbonyl (C=O) groups excluding carboxylic acids is 3. The fraction of sp³-hybridized carbons (Fsp3) is 0.333. The van der Waals surface area contributed by atoms with E-state index in [9.17, 15) is 19.2 Å². The molecule has 2 aromatic carbocycles. The van der Waals surface area contributed by atoms with Gasteiger partial charge in [0.25, 0.3) is 5.91 Å². The van der Waals surface area contributed by atoms with Gasteiger partial charge in [0.05, 0.1) is 13.2 Å². The van der Waals surface area contributed by atoms with E-state index in [1.165, 1.54) is 14.0 Å². The molecule has 2 amide bonds.